The number of likely N-dealkylation sites (N-methyl/N-ethyl adjacent to an activating group) is 4. The summed E-state index contributed by atoms with van der Waals surface area (Å²) in [5.41, 5.74) is -3.07. The smallest absolute Gasteiger partial charge is 0.338 e. The molecule has 2 aliphatic heterocycles. The molecule has 0 aromatic carbocycles. The summed E-state index contributed by atoms with van der Waals surface area (Å²) in [6, 6.07) is -0.569. The number of hydrogen-bond donors (Lipinski definition) is 0. The Bertz CT molecular complexity index is 764. The van der Waals surface area contributed by atoms with Crippen molar-refractivity contribution in [3.05, 3.63) is 11.1 Å². The molecule has 2 fully saturated rings. The Balaban J connectivity index is 2.45. The zero-order valence-electron chi connectivity index (χ0n) is 15.7. The zero-order chi connectivity index (χ0) is 19.6. The van der Waals surface area contributed by atoms with Gasteiger partial charge in [-0.25, -0.2) is 14.4 Å². The van der Waals surface area contributed by atoms with Gasteiger partial charge < -0.3 is 14.4 Å². The lowest BCUT2D eigenvalue weighted by atomic mass is 9.57. The van der Waals surface area contributed by atoms with E-state index in [-0.39, 0.29) is 17.8 Å². The Hall–Kier alpha value is -2.46. The summed E-state index contributed by atoms with van der Waals surface area (Å²) in [7, 11) is 6.93. The number of urea groups is 1. The number of rotatable bonds is 3. The minimum absolute atomic E-state index is 0.0393. The van der Waals surface area contributed by atoms with E-state index in [0.29, 0.717) is 6.54 Å². The first-order chi connectivity index (χ1) is 12.2. The SMILES string of the molecule is CCN1CN(C)[C@@]23C(C(=O)OC)=C(C(=O)OC)[C@@]12C(=O)N(C)C(=O)N3C. The average Bonchev–Trinajstić information content (AvgIpc) is 2.84. The molecule has 10 heteroatoms. The molecule has 0 unspecified atom stereocenters. The van der Waals surface area contributed by atoms with Crippen molar-refractivity contribution in [3.63, 3.8) is 0 Å². The van der Waals surface area contributed by atoms with Crippen molar-refractivity contribution < 1.29 is 28.7 Å². The first-order valence-electron chi connectivity index (χ1n) is 8.13. The topological polar surface area (TPSA) is 99.7 Å². The van der Waals surface area contributed by atoms with Crippen LogP contribution < -0.4 is 0 Å². The molecule has 3 amide bonds. The van der Waals surface area contributed by atoms with Crippen LogP contribution in [0.3, 0.4) is 0 Å². The van der Waals surface area contributed by atoms with Crippen molar-refractivity contribution >= 4 is 23.9 Å². The van der Waals surface area contributed by atoms with Crippen molar-refractivity contribution in [1.82, 2.24) is 19.6 Å². The van der Waals surface area contributed by atoms with Gasteiger partial charge in [0.1, 0.15) is 0 Å². The number of amides is 3. The van der Waals surface area contributed by atoms with Crippen molar-refractivity contribution in [3.8, 4) is 0 Å². The molecule has 0 bridgehead atoms. The van der Waals surface area contributed by atoms with Gasteiger partial charge in [-0.15, -0.1) is 0 Å². The van der Waals surface area contributed by atoms with E-state index in [4.69, 9.17) is 9.47 Å². The van der Waals surface area contributed by atoms with E-state index in [1.165, 1.54) is 33.2 Å². The predicted octanol–water partition coefficient (Wildman–Crippen LogP) is -1.17. The van der Waals surface area contributed by atoms with E-state index in [9.17, 15) is 19.2 Å². The molecule has 2 saturated heterocycles. The first-order valence-corrected chi connectivity index (χ1v) is 8.13. The number of hydrogen-bond acceptors (Lipinski definition) is 8. The van der Waals surface area contributed by atoms with E-state index in [0.717, 1.165) is 4.90 Å². The lowest BCUT2D eigenvalue weighted by molar-refractivity contribution is -0.166. The molecular weight excluding hydrogens is 344 g/mol. The summed E-state index contributed by atoms with van der Waals surface area (Å²) >= 11 is 0. The van der Waals surface area contributed by atoms with Gasteiger partial charge in [0.2, 0.25) is 0 Å². The highest BCUT2D eigenvalue weighted by molar-refractivity contribution is 6.21. The van der Waals surface area contributed by atoms with Crippen molar-refractivity contribution in [1.29, 1.82) is 0 Å². The van der Waals surface area contributed by atoms with Crippen LogP contribution in [0.15, 0.2) is 11.1 Å². The Morgan fingerprint density at radius 1 is 1.04 bits per heavy atom. The molecule has 0 N–H and O–H groups in total. The summed E-state index contributed by atoms with van der Waals surface area (Å²) in [6.45, 7) is 2.53. The fourth-order valence-corrected chi connectivity index (χ4v) is 4.74. The number of nitrogens with zero attached hydrogens (tertiary/aromatic N) is 4. The molecule has 1 aliphatic carbocycles. The number of esters is 2. The van der Waals surface area contributed by atoms with Crippen LogP contribution in [0.1, 0.15) is 6.92 Å². The third-order valence-electron chi connectivity index (χ3n) is 5.71. The Morgan fingerprint density at radius 2 is 1.58 bits per heavy atom. The molecule has 2 heterocycles. The largest absolute Gasteiger partial charge is 0.466 e. The molecule has 3 rings (SSSR count). The monoisotopic (exact) mass is 366 g/mol. The van der Waals surface area contributed by atoms with Crippen molar-refractivity contribution in [2.24, 2.45) is 0 Å². The second kappa shape index (κ2) is 5.52. The highest BCUT2D eigenvalue weighted by Gasteiger charge is 2.85. The average molecular weight is 366 g/mol. The molecule has 0 saturated carbocycles. The van der Waals surface area contributed by atoms with Crippen LogP contribution >= 0.6 is 0 Å². The van der Waals surface area contributed by atoms with Gasteiger partial charge in [-0.1, -0.05) is 6.92 Å². The predicted molar refractivity (Wildman–Crippen MR) is 87.5 cm³/mol. The summed E-state index contributed by atoms with van der Waals surface area (Å²) in [5.74, 6) is -2.14. The van der Waals surface area contributed by atoms with Gasteiger partial charge in [0.05, 0.1) is 32.0 Å². The third kappa shape index (κ3) is 1.55. The normalized spacial score (nSPS) is 31.6. The second-order valence-corrected chi connectivity index (χ2v) is 6.52. The maximum atomic E-state index is 13.4. The lowest BCUT2D eigenvalue weighted by Crippen LogP contribution is -2.87. The Morgan fingerprint density at radius 3 is 2.08 bits per heavy atom. The van der Waals surface area contributed by atoms with Gasteiger partial charge >= 0.3 is 18.0 Å². The van der Waals surface area contributed by atoms with Crippen LogP contribution in [0.4, 0.5) is 4.79 Å². The molecule has 0 spiro atoms. The fraction of sp³-hybridized carbons (Fsp3) is 0.625. The van der Waals surface area contributed by atoms with Gasteiger partial charge in [0.25, 0.3) is 5.91 Å². The summed E-state index contributed by atoms with van der Waals surface area (Å²) in [6.07, 6.45) is 0. The summed E-state index contributed by atoms with van der Waals surface area (Å²) < 4.78 is 9.76. The van der Waals surface area contributed by atoms with Gasteiger partial charge in [-0.2, -0.15) is 0 Å². The van der Waals surface area contributed by atoms with Crippen LogP contribution in [-0.2, 0) is 23.9 Å². The quantitative estimate of drug-likeness (QED) is 0.576. The molecular formula is C16H22N4O6. The van der Waals surface area contributed by atoms with E-state index in [1.807, 2.05) is 6.92 Å². The number of ether oxygens (including phenoxy) is 2. The summed E-state index contributed by atoms with van der Waals surface area (Å²) in [5, 5.41) is 0. The molecule has 0 aromatic rings. The Labute approximate surface area is 150 Å². The fourth-order valence-electron chi connectivity index (χ4n) is 4.74. The molecule has 3 aliphatic rings. The lowest BCUT2D eigenvalue weighted by Gasteiger charge is -2.63. The van der Waals surface area contributed by atoms with Crippen LogP contribution in [0.2, 0.25) is 0 Å². The van der Waals surface area contributed by atoms with Crippen LogP contribution in [0.5, 0.6) is 0 Å². The molecule has 0 radical (unpaired) electrons. The van der Waals surface area contributed by atoms with Crippen LogP contribution in [-0.4, -0.2) is 103 Å². The van der Waals surface area contributed by atoms with Crippen LogP contribution in [0, 0.1) is 0 Å². The van der Waals surface area contributed by atoms with Crippen LogP contribution in [0.25, 0.3) is 0 Å². The molecule has 10 nitrogen and oxygen atoms in total. The molecule has 142 valence electrons. The first kappa shape index (κ1) is 18.3. The van der Waals surface area contributed by atoms with E-state index in [2.05, 4.69) is 0 Å². The number of carbonyl (C=O) groups excluding carboxylic acids is 4. The highest BCUT2D eigenvalue weighted by Crippen LogP contribution is 2.62. The van der Waals surface area contributed by atoms with Crippen molar-refractivity contribution in [2.75, 3.05) is 48.6 Å². The zero-order valence-corrected chi connectivity index (χ0v) is 15.7. The van der Waals surface area contributed by atoms with Gasteiger partial charge in [0.15, 0.2) is 11.2 Å². The second-order valence-electron chi connectivity index (χ2n) is 6.52. The third-order valence-corrected chi connectivity index (χ3v) is 5.71. The highest BCUT2D eigenvalue weighted by atomic mass is 16.5. The number of imide groups is 1. The van der Waals surface area contributed by atoms with Gasteiger partial charge in [-0.05, 0) is 13.6 Å². The van der Waals surface area contributed by atoms with Crippen molar-refractivity contribution in [2.45, 2.75) is 18.1 Å². The summed E-state index contributed by atoms with van der Waals surface area (Å²) in [4.78, 5) is 57.1. The minimum atomic E-state index is -1.52. The standard InChI is InChI=1S/C16H22N4O6/c1-7-20-8-17(2)16-10(12(22)26-6)9(11(21)25-5)15(16,20)13(23)18(3)14(24)19(16)4/h7-8H2,1-6H3/t15-,16+/m0/s1. The minimum Gasteiger partial charge on any atom is -0.466 e. The molecule has 2 atom stereocenters. The molecule has 0 aromatic heterocycles. The van der Waals surface area contributed by atoms with Gasteiger partial charge in [0, 0.05) is 14.1 Å². The van der Waals surface area contributed by atoms with E-state index in [1.54, 1.807) is 16.8 Å². The van der Waals surface area contributed by atoms with Gasteiger partial charge in [-0.3, -0.25) is 19.5 Å². The van der Waals surface area contributed by atoms with E-state index < -0.39 is 35.1 Å². The maximum absolute atomic E-state index is 13.4. The molecule has 26 heavy (non-hydrogen) atoms. The number of methoxy groups -OCH3 is 2. The Kier molecular flexibility index (Phi) is 3.89. The maximum Gasteiger partial charge on any atom is 0.338 e. The number of carbonyl (C=O) groups is 4. The van der Waals surface area contributed by atoms with E-state index >= 15 is 0 Å².